The lowest BCUT2D eigenvalue weighted by atomic mass is 9.94. The summed E-state index contributed by atoms with van der Waals surface area (Å²) >= 11 is 0. The van der Waals surface area contributed by atoms with Crippen LogP contribution < -0.4 is 20.9 Å². The van der Waals surface area contributed by atoms with Gasteiger partial charge in [-0.25, -0.2) is 4.79 Å². The van der Waals surface area contributed by atoms with Gasteiger partial charge in [-0.3, -0.25) is 4.79 Å². The van der Waals surface area contributed by atoms with Crippen LogP contribution in [0.15, 0.2) is 23.0 Å². The van der Waals surface area contributed by atoms with Crippen molar-refractivity contribution in [1.29, 1.82) is 0 Å². The van der Waals surface area contributed by atoms with Gasteiger partial charge in [0.05, 0.1) is 12.3 Å². The van der Waals surface area contributed by atoms with Gasteiger partial charge < -0.3 is 30.6 Å². The largest absolute Gasteiger partial charge is 0.506 e. The number of benzene rings is 1. The molecule has 0 bridgehead atoms. The number of ether oxygens (including phenoxy) is 1. The number of nitrogens with zero attached hydrogens (tertiary/aromatic N) is 1. The Bertz CT molecular complexity index is 1060. The Morgan fingerprint density at radius 3 is 2.66 bits per heavy atom. The fraction of sp³-hybridized carbons (Fsp3) is 0.400. The normalized spacial score (nSPS) is 26.3. The van der Waals surface area contributed by atoms with E-state index in [1.807, 2.05) is 25.1 Å². The lowest BCUT2D eigenvalue weighted by Gasteiger charge is -2.22. The number of aromatic hydroxyl groups is 1. The number of anilines is 1. The van der Waals surface area contributed by atoms with Gasteiger partial charge in [-0.15, -0.1) is 12.4 Å². The lowest BCUT2D eigenvalue weighted by Crippen LogP contribution is -2.27. The molecule has 9 heteroatoms. The van der Waals surface area contributed by atoms with Crippen LogP contribution in [0.2, 0.25) is 0 Å². The predicted octanol–water partition coefficient (Wildman–Crippen LogP) is 1.76. The number of hydrogen-bond donors (Lipinski definition) is 4. The van der Waals surface area contributed by atoms with E-state index in [9.17, 15) is 19.8 Å². The topological polar surface area (TPSA) is 129 Å². The Morgan fingerprint density at radius 1 is 1.31 bits per heavy atom. The minimum absolute atomic E-state index is 0. The second kappa shape index (κ2) is 6.67. The highest BCUT2D eigenvalue weighted by Crippen LogP contribution is 2.47. The lowest BCUT2D eigenvalue weighted by molar-refractivity contribution is 0.0691. The summed E-state index contributed by atoms with van der Waals surface area (Å²) in [6, 6.07) is 6.06. The van der Waals surface area contributed by atoms with Crippen LogP contribution in [0.4, 0.5) is 5.69 Å². The number of aromatic carboxylic acids is 1. The molecule has 3 aliphatic rings. The number of hydrogen-bond acceptors (Lipinski definition) is 6. The van der Waals surface area contributed by atoms with E-state index in [-0.39, 0.29) is 24.9 Å². The predicted molar refractivity (Wildman–Crippen MR) is 109 cm³/mol. The molecule has 4 atom stereocenters. The van der Waals surface area contributed by atoms with Crippen LogP contribution in [0, 0.1) is 11.8 Å². The van der Waals surface area contributed by atoms with E-state index in [1.165, 1.54) is 0 Å². The standard InChI is InChI=1S/C20H21N3O5.ClH/c1-8-7-28-13-4-9(23-5-11-12(6-23)16(11)21)2-3-10(13)17-14(8)18(24)15(20(26)27)19(25)22-17;/h2-4,8,11-12,16H,5-7,21H2,1H3,(H,26,27)(H2,22,24,25);1H/t8?,11-,12+,16?;. The van der Waals surface area contributed by atoms with Gasteiger partial charge in [-0.2, -0.15) is 0 Å². The number of aromatic nitrogens is 1. The first-order valence-corrected chi connectivity index (χ1v) is 9.37. The zero-order chi connectivity index (χ0) is 19.7. The smallest absolute Gasteiger partial charge is 0.345 e. The van der Waals surface area contributed by atoms with Crippen molar-refractivity contribution >= 4 is 24.1 Å². The number of rotatable bonds is 2. The SMILES string of the molecule is CC1COc2cc(N3C[C@@H]4C(N)[C@@H]4C3)ccc2-c2[nH]c(=O)c(C(=O)O)c(O)c21.Cl. The molecule has 1 saturated carbocycles. The third kappa shape index (κ3) is 2.86. The van der Waals surface area contributed by atoms with Gasteiger partial charge in [0.25, 0.3) is 5.56 Å². The number of halogens is 1. The van der Waals surface area contributed by atoms with Crippen LogP contribution in [0.25, 0.3) is 11.3 Å². The van der Waals surface area contributed by atoms with Gasteiger partial charge in [0.15, 0.2) is 5.56 Å². The summed E-state index contributed by atoms with van der Waals surface area (Å²) in [4.78, 5) is 28.6. The van der Waals surface area contributed by atoms with Crippen molar-refractivity contribution in [2.24, 2.45) is 17.6 Å². The van der Waals surface area contributed by atoms with Gasteiger partial charge in [0, 0.05) is 47.9 Å². The van der Waals surface area contributed by atoms with Gasteiger partial charge >= 0.3 is 5.97 Å². The monoisotopic (exact) mass is 419 g/mol. The molecule has 8 nitrogen and oxygen atoms in total. The number of carboxylic acids is 1. The number of carbonyl (C=O) groups is 1. The summed E-state index contributed by atoms with van der Waals surface area (Å²) in [6.45, 7) is 3.94. The number of carboxylic acid groups (broad SMARTS) is 1. The molecule has 1 aliphatic carbocycles. The fourth-order valence-corrected chi connectivity index (χ4v) is 4.61. The van der Waals surface area contributed by atoms with Crippen molar-refractivity contribution in [3.63, 3.8) is 0 Å². The number of nitrogens with two attached hydrogens (primary N) is 1. The highest BCUT2D eigenvalue weighted by molar-refractivity contribution is 5.92. The number of nitrogens with one attached hydrogen (secondary N) is 1. The summed E-state index contributed by atoms with van der Waals surface area (Å²) in [5.74, 6) is -0.524. The molecule has 1 saturated heterocycles. The fourth-order valence-electron chi connectivity index (χ4n) is 4.61. The molecule has 0 spiro atoms. The molecule has 2 aliphatic heterocycles. The number of aromatic amines is 1. The molecule has 2 aromatic rings. The molecule has 5 rings (SSSR count). The Morgan fingerprint density at radius 2 is 2.00 bits per heavy atom. The van der Waals surface area contributed by atoms with Gasteiger partial charge in [0.1, 0.15) is 11.5 Å². The van der Waals surface area contributed by atoms with Crippen molar-refractivity contribution < 1.29 is 19.7 Å². The average Bonchev–Trinajstić information content (AvgIpc) is 3.08. The van der Waals surface area contributed by atoms with Crippen LogP contribution in [-0.2, 0) is 0 Å². The summed E-state index contributed by atoms with van der Waals surface area (Å²) in [7, 11) is 0. The van der Waals surface area contributed by atoms with Crippen molar-refractivity contribution in [3.05, 3.63) is 39.7 Å². The highest BCUT2D eigenvalue weighted by Gasteiger charge is 2.53. The summed E-state index contributed by atoms with van der Waals surface area (Å²) in [6.07, 6.45) is 0. The molecule has 1 aromatic carbocycles. The molecule has 5 N–H and O–H groups in total. The molecule has 2 unspecified atom stereocenters. The first kappa shape index (κ1) is 19.6. The zero-order valence-corrected chi connectivity index (χ0v) is 16.5. The maximum absolute atomic E-state index is 12.3. The minimum Gasteiger partial charge on any atom is -0.506 e. The maximum Gasteiger partial charge on any atom is 0.345 e. The molecule has 154 valence electrons. The Labute approximate surface area is 172 Å². The minimum atomic E-state index is -1.46. The average molecular weight is 420 g/mol. The Hall–Kier alpha value is -2.71. The van der Waals surface area contributed by atoms with Gasteiger partial charge in [-0.1, -0.05) is 6.92 Å². The van der Waals surface area contributed by atoms with Crippen molar-refractivity contribution in [2.75, 3.05) is 24.6 Å². The summed E-state index contributed by atoms with van der Waals surface area (Å²) in [5.41, 5.74) is 7.01. The van der Waals surface area contributed by atoms with E-state index in [4.69, 9.17) is 10.5 Å². The molecule has 3 heterocycles. The van der Waals surface area contributed by atoms with Crippen LogP contribution >= 0.6 is 12.4 Å². The van der Waals surface area contributed by atoms with Gasteiger partial charge in [-0.05, 0) is 24.0 Å². The van der Waals surface area contributed by atoms with Crippen LogP contribution in [0.1, 0.15) is 28.8 Å². The third-order valence-corrected chi connectivity index (χ3v) is 6.28. The first-order chi connectivity index (χ1) is 13.4. The van der Waals surface area contributed by atoms with Crippen molar-refractivity contribution in [1.82, 2.24) is 4.98 Å². The zero-order valence-electron chi connectivity index (χ0n) is 15.7. The first-order valence-electron chi connectivity index (χ1n) is 9.37. The molecule has 2 fully saturated rings. The Balaban J connectivity index is 0.00000205. The molecule has 1 aromatic heterocycles. The molecule has 0 amide bonds. The molecule has 0 radical (unpaired) electrons. The van der Waals surface area contributed by atoms with E-state index < -0.39 is 22.8 Å². The Kier molecular flexibility index (Phi) is 4.51. The second-order valence-electron chi connectivity index (χ2n) is 7.97. The number of H-pyrrole nitrogens is 1. The number of pyridine rings is 1. The second-order valence-corrected chi connectivity index (χ2v) is 7.97. The van der Waals surface area contributed by atoms with E-state index >= 15 is 0 Å². The van der Waals surface area contributed by atoms with Crippen LogP contribution in [-0.4, -0.2) is 46.9 Å². The molecule has 29 heavy (non-hydrogen) atoms. The van der Waals surface area contributed by atoms with E-state index in [1.54, 1.807) is 0 Å². The van der Waals surface area contributed by atoms with E-state index in [2.05, 4.69) is 9.88 Å². The van der Waals surface area contributed by atoms with Crippen molar-refractivity contribution in [2.45, 2.75) is 18.9 Å². The van der Waals surface area contributed by atoms with Crippen LogP contribution in [0.3, 0.4) is 0 Å². The number of piperidine rings is 1. The molecular weight excluding hydrogens is 398 g/mol. The van der Waals surface area contributed by atoms with Crippen molar-refractivity contribution in [3.8, 4) is 22.8 Å². The maximum atomic E-state index is 12.3. The number of fused-ring (bicyclic) bond motifs is 4. The summed E-state index contributed by atoms with van der Waals surface area (Å²) < 4.78 is 5.97. The highest BCUT2D eigenvalue weighted by atomic mass is 35.5. The van der Waals surface area contributed by atoms with E-state index in [0.717, 1.165) is 18.8 Å². The van der Waals surface area contributed by atoms with E-state index in [0.29, 0.717) is 40.4 Å². The van der Waals surface area contributed by atoms with Crippen LogP contribution in [0.5, 0.6) is 11.5 Å². The summed E-state index contributed by atoms with van der Waals surface area (Å²) in [5, 5.41) is 19.8. The molecular formula is C20H22ClN3O5. The van der Waals surface area contributed by atoms with Gasteiger partial charge in [0.2, 0.25) is 0 Å². The third-order valence-electron chi connectivity index (χ3n) is 6.28. The quantitative estimate of drug-likeness (QED) is 0.583.